The normalized spacial score (nSPS) is 13.2. The number of ether oxygens (including phenoxy) is 3. The van der Waals surface area contributed by atoms with Crippen molar-refractivity contribution in [3.05, 3.63) is 53.6 Å². The van der Waals surface area contributed by atoms with Crippen molar-refractivity contribution < 1.29 is 14.2 Å². The Morgan fingerprint density at radius 2 is 1.37 bits per heavy atom. The number of methoxy groups -OCH3 is 2. The highest BCUT2D eigenvalue weighted by atomic mass is 16.5. The van der Waals surface area contributed by atoms with E-state index < -0.39 is 0 Å². The fraction of sp³-hybridized carbons (Fsp3) is 0.500. The van der Waals surface area contributed by atoms with E-state index in [4.69, 9.17) is 14.2 Å². The Morgan fingerprint density at radius 1 is 0.778 bits per heavy atom. The van der Waals surface area contributed by atoms with Crippen LogP contribution in [0.2, 0.25) is 0 Å². The Kier molecular flexibility index (Phi) is 6.46. The Labute approximate surface area is 164 Å². The minimum Gasteiger partial charge on any atom is -0.497 e. The van der Waals surface area contributed by atoms with E-state index in [1.54, 1.807) is 14.2 Å². The Balaban J connectivity index is 2.44. The first-order valence-corrected chi connectivity index (χ1v) is 9.53. The molecule has 2 aromatic carbocycles. The number of benzene rings is 2. The Hall–Kier alpha value is -2.16. The third-order valence-electron chi connectivity index (χ3n) is 4.34. The summed E-state index contributed by atoms with van der Waals surface area (Å²) >= 11 is 0. The smallest absolute Gasteiger partial charge is 0.126 e. The van der Waals surface area contributed by atoms with Crippen molar-refractivity contribution in [2.75, 3.05) is 14.2 Å². The molecule has 0 aliphatic carbocycles. The van der Waals surface area contributed by atoms with Crippen LogP contribution >= 0.6 is 0 Å². The summed E-state index contributed by atoms with van der Waals surface area (Å²) in [5.74, 6) is 2.79. The zero-order valence-electron chi connectivity index (χ0n) is 18.1. The van der Waals surface area contributed by atoms with Gasteiger partial charge in [0.1, 0.15) is 22.8 Å². The average Bonchev–Trinajstić information content (AvgIpc) is 2.58. The fourth-order valence-electron chi connectivity index (χ4n) is 3.25. The van der Waals surface area contributed by atoms with Crippen LogP contribution in [0.5, 0.6) is 17.2 Å². The van der Waals surface area contributed by atoms with Crippen molar-refractivity contribution >= 4 is 0 Å². The van der Waals surface area contributed by atoms with Crippen LogP contribution in [0.25, 0.3) is 0 Å². The molecule has 0 N–H and O–H groups in total. The summed E-state index contributed by atoms with van der Waals surface area (Å²) in [6.45, 7) is 13.0. The second-order valence-electron chi connectivity index (χ2n) is 9.21. The van der Waals surface area contributed by atoms with Gasteiger partial charge in [-0.1, -0.05) is 39.0 Å². The summed E-state index contributed by atoms with van der Waals surface area (Å²) in [6, 6.07) is 14.5. The highest BCUT2D eigenvalue weighted by Crippen LogP contribution is 2.41. The predicted octanol–water partition coefficient (Wildman–Crippen LogP) is 6.45. The van der Waals surface area contributed by atoms with Gasteiger partial charge in [0.05, 0.1) is 14.2 Å². The molecule has 0 amide bonds. The molecule has 0 aliphatic rings. The van der Waals surface area contributed by atoms with Crippen molar-refractivity contribution in [2.45, 2.75) is 59.5 Å². The summed E-state index contributed by atoms with van der Waals surface area (Å²) in [7, 11) is 3.39. The maximum absolute atomic E-state index is 5.98. The Bertz CT molecular complexity index is 734. The lowest BCUT2D eigenvalue weighted by Gasteiger charge is -2.28. The first-order chi connectivity index (χ1) is 12.5. The highest BCUT2D eigenvalue weighted by Gasteiger charge is 2.25. The predicted molar refractivity (Wildman–Crippen MR) is 112 cm³/mol. The SMILES string of the molecule is COc1ccc(C(CC(C)(C)C)c2ccc(OC(C)(C)C)cc2)c(OC)c1. The molecular weight excluding hydrogens is 336 g/mol. The molecule has 0 aromatic heterocycles. The van der Waals surface area contributed by atoms with Gasteiger partial charge in [-0.25, -0.2) is 0 Å². The van der Waals surface area contributed by atoms with E-state index >= 15 is 0 Å². The van der Waals surface area contributed by atoms with Gasteiger partial charge in [-0.05, 0) is 56.4 Å². The lowest BCUT2D eigenvalue weighted by Crippen LogP contribution is -2.22. The fourth-order valence-corrected chi connectivity index (χ4v) is 3.25. The molecule has 1 atom stereocenters. The van der Waals surface area contributed by atoms with Crippen molar-refractivity contribution in [1.29, 1.82) is 0 Å². The van der Waals surface area contributed by atoms with Gasteiger partial charge in [0.15, 0.2) is 0 Å². The van der Waals surface area contributed by atoms with Crippen molar-refractivity contribution in [2.24, 2.45) is 5.41 Å². The van der Waals surface area contributed by atoms with Gasteiger partial charge in [0.2, 0.25) is 0 Å². The van der Waals surface area contributed by atoms with Crippen LogP contribution < -0.4 is 14.2 Å². The average molecular weight is 371 g/mol. The topological polar surface area (TPSA) is 27.7 Å². The molecule has 1 unspecified atom stereocenters. The van der Waals surface area contributed by atoms with Gasteiger partial charge in [0.25, 0.3) is 0 Å². The van der Waals surface area contributed by atoms with Crippen molar-refractivity contribution in [3.8, 4) is 17.2 Å². The zero-order chi connectivity index (χ0) is 20.2. The second-order valence-corrected chi connectivity index (χ2v) is 9.21. The van der Waals surface area contributed by atoms with E-state index in [2.05, 4.69) is 71.9 Å². The second kappa shape index (κ2) is 8.24. The van der Waals surface area contributed by atoms with Crippen molar-refractivity contribution in [1.82, 2.24) is 0 Å². The molecule has 2 rings (SSSR count). The molecule has 0 aliphatic heterocycles. The molecule has 0 fully saturated rings. The van der Waals surface area contributed by atoms with Crippen LogP contribution in [-0.2, 0) is 0 Å². The zero-order valence-corrected chi connectivity index (χ0v) is 18.1. The molecule has 0 saturated carbocycles. The molecule has 0 heterocycles. The molecule has 148 valence electrons. The third-order valence-corrected chi connectivity index (χ3v) is 4.34. The standard InChI is InChI=1S/C24H34O3/c1-23(2,3)16-21(20-14-13-19(25-7)15-22(20)26-8)17-9-11-18(12-10-17)27-24(4,5)6/h9-15,21H,16H2,1-8H3. The Morgan fingerprint density at radius 3 is 1.85 bits per heavy atom. The van der Waals surface area contributed by atoms with Gasteiger partial charge in [-0.2, -0.15) is 0 Å². The first-order valence-electron chi connectivity index (χ1n) is 9.53. The minimum atomic E-state index is -0.203. The van der Waals surface area contributed by atoms with E-state index in [1.165, 1.54) is 11.1 Å². The number of hydrogen-bond donors (Lipinski definition) is 0. The molecule has 3 nitrogen and oxygen atoms in total. The maximum Gasteiger partial charge on any atom is 0.126 e. The quantitative estimate of drug-likeness (QED) is 0.585. The molecule has 0 radical (unpaired) electrons. The van der Waals surface area contributed by atoms with Crippen LogP contribution in [0.15, 0.2) is 42.5 Å². The van der Waals surface area contributed by atoms with Crippen LogP contribution in [-0.4, -0.2) is 19.8 Å². The monoisotopic (exact) mass is 370 g/mol. The summed E-state index contributed by atoms with van der Waals surface area (Å²) < 4.78 is 17.0. The molecule has 3 heteroatoms. The molecule has 0 spiro atoms. The van der Waals surface area contributed by atoms with Gasteiger partial charge in [-0.15, -0.1) is 0 Å². The van der Waals surface area contributed by atoms with E-state index in [0.717, 1.165) is 23.7 Å². The number of hydrogen-bond acceptors (Lipinski definition) is 3. The summed E-state index contributed by atoms with van der Waals surface area (Å²) in [5, 5.41) is 0. The van der Waals surface area contributed by atoms with Crippen LogP contribution in [0.4, 0.5) is 0 Å². The molecular formula is C24H34O3. The summed E-state index contributed by atoms with van der Waals surface area (Å²) in [6.07, 6.45) is 1.01. The summed E-state index contributed by atoms with van der Waals surface area (Å²) in [5.41, 5.74) is 2.41. The molecule has 0 bridgehead atoms. The lowest BCUT2D eigenvalue weighted by atomic mass is 9.77. The molecule has 2 aromatic rings. The van der Waals surface area contributed by atoms with Gasteiger partial charge in [-0.3, -0.25) is 0 Å². The summed E-state index contributed by atoms with van der Waals surface area (Å²) in [4.78, 5) is 0. The largest absolute Gasteiger partial charge is 0.497 e. The van der Waals surface area contributed by atoms with Gasteiger partial charge < -0.3 is 14.2 Å². The van der Waals surface area contributed by atoms with Crippen molar-refractivity contribution in [3.63, 3.8) is 0 Å². The van der Waals surface area contributed by atoms with Gasteiger partial charge in [0, 0.05) is 17.5 Å². The van der Waals surface area contributed by atoms with E-state index in [-0.39, 0.29) is 16.9 Å². The maximum atomic E-state index is 5.98. The highest BCUT2D eigenvalue weighted by molar-refractivity contribution is 5.47. The lowest BCUT2D eigenvalue weighted by molar-refractivity contribution is 0.131. The van der Waals surface area contributed by atoms with Crippen LogP contribution in [0.3, 0.4) is 0 Å². The van der Waals surface area contributed by atoms with E-state index in [9.17, 15) is 0 Å². The molecule has 0 saturated heterocycles. The van der Waals surface area contributed by atoms with Crippen LogP contribution in [0.1, 0.15) is 65.0 Å². The van der Waals surface area contributed by atoms with Gasteiger partial charge >= 0.3 is 0 Å². The molecule has 27 heavy (non-hydrogen) atoms. The number of rotatable bonds is 6. The first kappa shape index (κ1) is 21.1. The van der Waals surface area contributed by atoms with E-state index in [0.29, 0.717) is 0 Å². The van der Waals surface area contributed by atoms with E-state index in [1.807, 2.05) is 12.1 Å². The van der Waals surface area contributed by atoms with Crippen LogP contribution in [0, 0.1) is 5.41 Å². The third kappa shape index (κ3) is 6.20. The minimum absolute atomic E-state index is 0.177.